The van der Waals surface area contributed by atoms with Crippen LogP contribution in [0, 0.1) is 6.92 Å². The van der Waals surface area contributed by atoms with Crippen molar-refractivity contribution in [2.75, 3.05) is 0 Å². The second-order valence-electron chi connectivity index (χ2n) is 4.74. The minimum absolute atomic E-state index is 0.300. The van der Waals surface area contributed by atoms with Crippen LogP contribution in [-0.4, -0.2) is 15.7 Å². The lowest BCUT2D eigenvalue weighted by molar-refractivity contribution is 0.112. The zero-order valence-electron chi connectivity index (χ0n) is 11.4. The van der Waals surface area contributed by atoms with E-state index in [4.69, 9.17) is 4.74 Å². The van der Waals surface area contributed by atoms with Crippen LogP contribution in [0.2, 0.25) is 0 Å². The topological polar surface area (TPSA) is 43.6 Å². The molecule has 0 aliphatic heterocycles. The highest BCUT2D eigenvalue weighted by Crippen LogP contribution is 2.19. The molecule has 5 heteroatoms. The summed E-state index contributed by atoms with van der Waals surface area (Å²) in [5.74, 6) is 1.47. The molecule has 2 aromatic heterocycles. The molecule has 21 heavy (non-hydrogen) atoms. The number of nitrogens with zero attached hydrogens (tertiary/aromatic N) is 2. The number of aromatic nitrogens is 2. The molecule has 2 heterocycles. The number of pyridine rings is 1. The quantitative estimate of drug-likeness (QED) is 0.676. The fraction of sp³-hybridized carbons (Fsp3) is 0.125. The molecular weight excluding hydrogens is 332 g/mol. The van der Waals surface area contributed by atoms with Crippen molar-refractivity contribution in [2.24, 2.45) is 0 Å². The van der Waals surface area contributed by atoms with Gasteiger partial charge in [-0.2, -0.15) is 0 Å². The minimum Gasteiger partial charge on any atom is -0.486 e. The highest BCUT2D eigenvalue weighted by atomic mass is 79.9. The Labute approximate surface area is 130 Å². The lowest BCUT2D eigenvalue weighted by Crippen LogP contribution is -2.01. The molecule has 0 fully saturated rings. The molecule has 0 amide bonds. The Kier molecular flexibility index (Phi) is 3.75. The van der Waals surface area contributed by atoms with Crippen molar-refractivity contribution < 1.29 is 9.53 Å². The fourth-order valence-corrected chi connectivity index (χ4v) is 2.46. The Morgan fingerprint density at radius 1 is 1.24 bits per heavy atom. The second kappa shape index (κ2) is 5.69. The van der Waals surface area contributed by atoms with E-state index in [1.807, 2.05) is 53.9 Å². The van der Waals surface area contributed by atoms with Gasteiger partial charge in [0.2, 0.25) is 0 Å². The molecule has 0 aliphatic carbocycles. The maximum atomic E-state index is 11.1. The predicted molar refractivity (Wildman–Crippen MR) is 83.8 cm³/mol. The Hall–Kier alpha value is -2.14. The van der Waals surface area contributed by atoms with Gasteiger partial charge in [0.1, 0.15) is 18.1 Å². The summed E-state index contributed by atoms with van der Waals surface area (Å²) in [5, 5.41) is 0. The number of hydrogen-bond acceptors (Lipinski definition) is 3. The van der Waals surface area contributed by atoms with Crippen LogP contribution in [0.15, 0.2) is 47.1 Å². The van der Waals surface area contributed by atoms with Gasteiger partial charge in [0.05, 0.1) is 5.52 Å². The molecule has 0 unspecified atom stereocenters. The molecule has 1 aromatic carbocycles. The molecule has 106 valence electrons. The third-order valence-corrected chi connectivity index (χ3v) is 3.67. The number of hydrogen-bond donors (Lipinski definition) is 0. The van der Waals surface area contributed by atoms with Crippen LogP contribution in [-0.2, 0) is 6.61 Å². The third-order valence-electron chi connectivity index (χ3n) is 3.20. The van der Waals surface area contributed by atoms with Crippen LogP contribution >= 0.6 is 15.9 Å². The molecule has 0 bridgehead atoms. The van der Waals surface area contributed by atoms with E-state index in [0.29, 0.717) is 18.1 Å². The SMILES string of the molecule is Cc1ccc(OCc2nc(C=O)c3ccc(Br)cn23)cc1. The number of fused-ring (bicyclic) bond motifs is 1. The van der Waals surface area contributed by atoms with Gasteiger partial charge in [-0.05, 0) is 47.1 Å². The Bertz CT molecular complexity index is 794. The van der Waals surface area contributed by atoms with Crippen molar-refractivity contribution in [3.8, 4) is 5.75 Å². The number of carbonyl (C=O) groups excluding carboxylic acids is 1. The number of rotatable bonds is 4. The molecule has 0 N–H and O–H groups in total. The average molecular weight is 345 g/mol. The molecule has 0 saturated heterocycles. The third kappa shape index (κ3) is 2.83. The van der Waals surface area contributed by atoms with Gasteiger partial charge in [0.15, 0.2) is 12.1 Å². The van der Waals surface area contributed by atoms with Gasteiger partial charge < -0.3 is 4.74 Å². The molecule has 3 rings (SSSR count). The van der Waals surface area contributed by atoms with E-state index in [1.54, 1.807) is 0 Å². The summed E-state index contributed by atoms with van der Waals surface area (Å²) in [6, 6.07) is 11.6. The van der Waals surface area contributed by atoms with Crippen molar-refractivity contribution in [3.63, 3.8) is 0 Å². The van der Waals surface area contributed by atoms with Crippen LogP contribution in [0.25, 0.3) is 5.52 Å². The van der Waals surface area contributed by atoms with Crippen molar-refractivity contribution >= 4 is 27.7 Å². The lowest BCUT2D eigenvalue weighted by atomic mass is 10.2. The Morgan fingerprint density at radius 2 is 2.00 bits per heavy atom. The van der Waals surface area contributed by atoms with Crippen LogP contribution < -0.4 is 4.74 Å². The first-order valence-corrected chi connectivity index (χ1v) is 7.28. The van der Waals surface area contributed by atoms with Gasteiger partial charge in [-0.1, -0.05) is 17.7 Å². The smallest absolute Gasteiger partial charge is 0.170 e. The predicted octanol–water partition coefficient (Wildman–Crippen LogP) is 3.80. The summed E-state index contributed by atoms with van der Waals surface area (Å²) < 4.78 is 8.52. The molecule has 0 radical (unpaired) electrons. The number of aldehydes is 1. The Morgan fingerprint density at radius 3 is 2.71 bits per heavy atom. The van der Waals surface area contributed by atoms with Gasteiger partial charge in [0, 0.05) is 10.7 Å². The summed E-state index contributed by atoms with van der Waals surface area (Å²) in [5.41, 5.74) is 2.38. The van der Waals surface area contributed by atoms with Crippen LogP contribution in [0.3, 0.4) is 0 Å². The summed E-state index contributed by atoms with van der Waals surface area (Å²) in [6.07, 6.45) is 2.64. The van der Waals surface area contributed by atoms with Crippen molar-refractivity contribution in [1.29, 1.82) is 0 Å². The summed E-state index contributed by atoms with van der Waals surface area (Å²) >= 11 is 3.42. The minimum atomic E-state index is 0.300. The zero-order valence-corrected chi connectivity index (χ0v) is 13.0. The van der Waals surface area contributed by atoms with E-state index < -0.39 is 0 Å². The van der Waals surface area contributed by atoms with Crippen molar-refractivity contribution in [2.45, 2.75) is 13.5 Å². The van der Waals surface area contributed by atoms with E-state index in [9.17, 15) is 4.79 Å². The molecule has 0 spiro atoms. The first-order chi connectivity index (χ1) is 10.2. The number of ether oxygens (including phenoxy) is 1. The van der Waals surface area contributed by atoms with Crippen LogP contribution in [0.4, 0.5) is 0 Å². The van der Waals surface area contributed by atoms with E-state index in [-0.39, 0.29) is 0 Å². The summed E-state index contributed by atoms with van der Waals surface area (Å²) in [4.78, 5) is 15.4. The van der Waals surface area contributed by atoms with E-state index in [1.165, 1.54) is 5.56 Å². The molecule has 0 aliphatic rings. The van der Waals surface area contributed by atoms with Gasteiger partial charge in [-0.25, -0.2) is 4.98 Å². The molecule has 0 atom stereocenters. The molecular formula is C16H13BrN2O2. The molecule has 0 saturated carbocycles. The maximum Gasteiger partial charge on any atom is 0.170 e. The van der Waals surface area contributed by atoms with Crippen molar-refractivity contribution in [3.05, 3.63) is 64.1 Å². The van der Waals surface area contributed by atoms with E-state index in [2.05, 4.69) is 20.9 Å². The van der Waals surface area contributed by atoms with Crippen molar-refractivity contribution in [1.82, 2.24) is 9.38 Å². The number of carbonyl (C=O) groups is 1. The zero-order chi connectivity index (χ0) is 14.8. The van der Waals surface area contributed by atoms with E-state index >= 15 is 0 Å². The number of imidazole rings is 1. The second-order valence-corrected chi connectivity index (χ2v) is 5.65. The van der Waals surface area contributed by atoms with Gasteiger partial charge in [-0.3, -0.25) is 9.20 Å². The Balaban J connectivity index is 1.91. The lowest BCUT2D eigenvalue weighted by Gasteiger charge is -2.06. The largest absolute Gasteiger partial charge is 0.486 e. The number of benzene rings is 1. The summed E-state index contributed by atoms with van der Waals surface area (Å²) in [7, 11) is 0. The monoisotopic (exact) mass is 344 g/mol. The molecule has 4 nitrogen and oxygen atoms in total. The molecule has 3 aromatic rings. The number of halogens is 1. The maximum absolute atomic E-state index is 11.1. The number of aryl methyl sites for hydroxylation is 1. The summed E-state index contributed by atoms with van der Waals surface area (Å²) in [6.45, 7) is 2.33. The van der Waals surface area contributed by atoms with Crippen LogP contribution in [0.1, 0.15) is 21.9 Å². The van der Waals surface area contributed by atoms with Crippen LogP contribution in [0.5, 0.6) is 5.75 Å². The first-order valence-electron chi connectivity index (χ1n) is 6.48. The average Bonchev–Trinajstić information content (AvgIpc) is 2.84. The van der Waals surface area contributed by atoms with Gasteiger partial charge in [0.25, 0.3) is 0 Å². The van der Waals surface area contributed by atoms with Gasteiger partial charge >= 0.3 is 0 Å². The highest BCUT2D eigenvalue weighted by Gasteiger charge is 2.11. The first kappa shape index (κ1) is 13.8. The normalized spacial score (nSPS) is 10.8. The van der Waals surface area contributed by atoms with E-state index in [0.717, 1.165) is 22.0 Å². The standard InChI is InChI=1S/C16H13BrN2O2/c1-11-2-5-13(6-3-11)21-10-16-18-14(9-20)15-7-4-12(17)8-19(15)16/h2-9H,10H2,1H3. The van der Waals surface area contributed by atoms with Gasteiger partial charge in [-0.15, -0.1) is 0 Å². The fourth-order valence-electron chi connectivity index (χ4n) is 2.12. The highest BCUT2D eigenvalue weighted by molar-refractivity contribution is 9.10.